The summed E-state index contributed by atoms with van der Waals surface area (Å²) in [7, 11) is 0. The first-order chi connectivity index (χ1) is 34.6. The Kier molecular flexibility index (Phi) is 11.0. The summed E-state index contributed by atoms with van der Waals surface area (Å²) in [4.78, 5) is 13.6. The van der Waals surface area contributed by atoms with Crippen molar-refractivity contribution < 1.29 is 0 Å². The zero-order chi connectivity index (χ0) is 47.0. The molecule has 7 aromatic carbocycles. The van der Waals surface area contributed by atoms with Gasteiger partial charge in [-0.1, -0.05) is 121 Å². The van der Waals surface area contributed by atoms with Crippen LogP contribution in [-0.4, -0.2) is 15.0 Å². The minimum Gasteiger partial charge on any atom is -0.265 e. The fourth-order valence-electron chi connectivity index (χ4n) is 10.7. The quantitative estimate of drug-likeness (QED) is 0.0696. The lowest BCUT2D eigenvalue weighted by Crippen LogP contribution is -1.96. The van der Waals surface area contributed by atoms with E-state index in [1.807, 2.05) is 60.8 Å². The van der Waals surface area contributed by atoms with E-state index >= 15 is 0 Å². The zero-order valence-corrected chi connectivity index (χ0v) is 38.6. The van der Waals surface area contributed by atoms with Crippen LogP contribution in [0.2, 0.25) is 0 Å². The van der Waals surface area contributed by atoms with E-state index < -0.39 is 0 Å². The van der Waals surface area contributed by atoms with E-state index in [2.05, 4.69) is 168 Å². The molecule has 2 aliphatic carbocycles. The first-order valence-electron chi connectivity index (χ1n) is 24.0. The lowest BCUT2D eigenvalue weighted by atomic mass is 9.87. The summed E-state index contributed by atoms with van der Waals surface area (Å²) in [6.07, 6.45) is 18.0. The SMILES string of the molecule is C=CCCC1c2ccccc2-c2ccc(-c3cc(-c4cc(/C(C#N)=C/C=C\Cc5ccncc5)cc(-c5ccc(-c6ccccn6)nc5)c4)cc(-c4ccc5c6c(cccc46)-c4ccccc4-5)c3)cc21. The number of fused-ring (bicyclic) bond motifs is 6. The highest BCUT2D eigenvalue weighted by Gasteiger charge is 2.29. The maximum atomic E-state index is 10.8. The van der Waals surface area contributed by atoms with Crippen LogP contribution >= 0.6 is 0 Å². The van der Waals surface area contributed by atoms with Gasteiger partial charge in [0.05, 0.1) is 23.0 Å². The number of nitriles is 1. The molecule has 3 aromatic heterocycles. The van der Waals surface area contributed by atoms with Crippen LogP contribution in [0.15, 0.2) is 232 Å². The maximum absolute atomic E-state index is 10.8. The van der Waals surface area contributed by atoms with Crippen LogP contribution in [0.3, 0.4) is 0 Å². The molecular formula is C66H46N4. The number of aromatic nitrogens is 3. The Morgan fingerprint density at radius 3 is 1.93 bits per heavy atom. The molecule has 330 valence electrons. The Morgan fingerprint density at radius 2 is 1.17 bits per heavy atom. The van der Waals surface area contributed by atoms with E-state index in [9.17, 15) is 5.26 Å². The minimum absolute atomic E-state index is 0.289. The van der Waals surface area contributed by atoms with E-state index in [-0.39, 0.29) is 5.92 Å². The topological polar surface area (TPSA) is 62.5 Å². The number of rotatable bonds is 12. The fourth-order valence-corrected chi connectivity index (χ4v) is 10.7. The van der Waals surface area contributed by atoms with Gasteiger partial charge in [-0.3, -0.25) is 15.0 Å². The second-order valence-electron chi connectivity index (χ2n) is 18.2. The van der Waals surface area contributed by atoms with Gasteiger partial charge in [0.1, 0.15) is 0 Å². The van der Waals surface area contributed by atoms with Crippen LogP contribution < -0.4 is 0 Å². The standard InChI is InChI=1S/C66H46N4/c1-2-3-15-58-54-16-6-7-17-55(54)59-25-23-44(40-63(58)59)47-34-51(39-52(38-47)53-26-27-62-57-19-9-8-18-56(57)61-21-12-20-60(53)66(61)62)50-36-48(45(41-67)14-5-4-13-43-29-32-68-33-30-43)35-49(37-50)46-24-28-65(70-42-46)64-22-10-11-31-69-64/h2,4-12,14,16-40,42,58H,1,3,13,15H2/b5-4-,45-14+. The maximum Gasteiger partial charge on any atom is 0.0997 e. The highest BCUT2D eigenvalue weighted by Crippen LogP contribution is 2.51. The minimum atomic E-state index is 0.289. The molecule has 3 heterocycles. The monoisotopic (exact) mass is 894 g/mol. The molecule has 0 radical (unpaired) electrons. The van der Waals surface area contributed by atoms with E-state index in [0.29, 0.717) is 5.57 Å². The van der Waals surface area contributed by atoms with Crippen LogP contribution in [-0.2, 0) is 6.42 Å². The molecule has 10 aromatic rings. The van der Waals surface area contributed by atoms with Gasteiger partial charge in [-0.15, -0.1) is 6.58 Å². The van der Waals surface area contributed by atoms with Crippen molar-refractivity contribution in [3.8, 4) is 95.3 Å². The first-order valence-corrected chi connectivity index (χ1v) is 24.0. The third-order valence-corrected chi connectivity index (χ3v) is 14.1. The van der Waals surface area contributed by atoms with Gasteiger partial charge in [-0.25, -0.2) is 0 Å². The summed E-state index contributed by atoms with van der Waals surface area (Å²) in [6, 6.07) is 66.1. The van der Waals surface area contributed by atoms with E-state index in [1.165, 1.54) is 66.4 Å². The summed E-state index contributed by atoms with van der Waals surface area (Å²) in [6.45, 7) is 4.09. The number of benzene rings is 7. The summed E-state index contributed by atoms with van der Waals surface area (Å²) in [5, 5.41) is 13.3. The highest BCUT2D eigenvalue weighted by molar-refractivity contribution is 6.18. The van der Waals surface area contributed by atoms with Crippen molar-refractivity contribution in [2.45, 2.75) is 25.2 Å². The van der Waals surface area contributed by atoms with Crippen molar-refractivity contribution in [2.24, 2.45) is 0 Å². The van der Waals surface area contributed by atoms with Gasteiger partial charge in [0.25, 0.3) is 0 Å². The second kappa shape index (κ2) is 18.2. The Labute approximate surface area is 409 Å². The number of nitrogens with zero attached hydrogens (tertiary/aromatic N) is 4. The average Bonchev–Trinajstić information content (AvgIpc) is 3.93. The molecule has 12 rings (SSSR count). The molecule has 1 unspecified atom stereocenters. The highest BCUT2D eigenvalue weighted by atomic mass is 14.8. The molecule has 2 aliphatic rings. The van der Waals surface area contributed by atoms with Gasteiger partial charge in [-0.2, -0.15) is 5.26 Å². The van der Waals surface area contributed by atoms with Gasteiger partial charge in [0, 0.05) is 36.3 Å². The third-order valence-electron chi connectivity index (χ3n) is 14.1. The van der Waals surface area contributed by atoms with Gasteiger partial charge in [0.2, 0.25) is 0 Å². The van der Waals surface area contributed by atoms with Crippen LogP contribution in [0.5, 0.6) is 0 Å². The molecule has 0 saturated heterocycles. The van der Waals surface area contributed by atoms with Crippen molar-refractivity contribution in [3.05, 3.63) is 254 Å². The largest absolute Gasteiger partial charge is 0.265 e. The lowest BCUT2D eigenvalue weighted by molar-refractivity contribution is 0.745. The number of hydrogen-bond acceptors (Lipinski definition) is 4. The van der Waals surface area contributed by atoms with E-state index in [0.717, 1.165) is 75.2 Å². The summed E-state index contributed by atoms with van der Waals surface area (Å²) >= 11 is 0. The zero-order valence-electron chi connectivity index (χ0n) is 38.6. The van der Waals surface area contributed by atoms with Crippen molar-refractivity contribution >= 4 is 16.3 Å². The smallest absolute Gasteiger partial charge is 0.0997 e. The van der Waals surface area contributed by atoms with Crippen LogP contribution in [0, 0.1) is 11.3 Å². The number of hydrogen-bond donors (Lipinski definition) is 0. The number of allylic oxidation sites excluding steroid dienone is 5. The van der Waals surface area contributed by atoms with Crippen molar-refractivity contribution in [1.82, 2.24) is 15.0 Å². The van der Waals surface area contributed by atoms with Crippen molar-refractivity contribution in [3.63, 3.8) is 0 Å². The summed E-state index contributed by atoms with van der Waals surface area (Å²) in [5.41, 5.74) is 23.2. The summed E-state index contributed by atoms with van der Waals surface area (Å²) in [5.74, 6) is 0.289. The van der Waals surface area contributed by atoms with Crippen molar-refractivity contribution in [2.75, 3.05) is 0 Å². The Bertz CT molecular complexity index is 3730. The van der Waals surface area contributed by atoms with Crippen LogP contribution in [0.4, 0.5) is 0 Å². The van der Waals surface area contributed by atoms with Crippen molar-refractivity contribution in [1.29, 1.82) is 5.26 Å². The average molecular weight is 895 g/mol. The molecule has 0 fully saturated rings. The predicted molar refractivity (Wildman–Crippen MR) is 289 cm³/mol. The molecule has 0 bridgehead atoms. The third kappa shape index (κ3) is 7.74. The normalized spacial score (nSPS) is 13.2. The number of pyridine rings is 3. The summed E-state index contributed by atoms with van der Waals surface area (Å²) < 4.78 is 0. The predicted octanol–water partition coefficient (Wildman–Crippen LogP) is 16.8. The second-order valence-corrected chi connectivity index (χ2v) is 18.2. The van der Waals surface area contributed by atoms with Crippen LogP contribution in [0.25, 0.3) is 106 Å². The molecule has 0 saturated carbocycles. The lowest BCUT2D eigenvalue weighted by Gasteiger charge is -2.17. The first kappa shape index (κ1) is 42.3. The molecule has 4 heteroatoms. The molecule has 0 aliphatic heterocycles. The fraction of sp³-hybridized carbons (Fsp3) is 0.0606. The molecule has 0 spiro atoms. The van der Waals surface area contributed by atoms with Crippen LogP contribution in [0.1, 0.15) is 41.0 Å². The Balaban J connectivity index is 1.04. The van der Waals surface area contributed by atoms with Gasteiger partial charge < -0.3 is 0 Å². The van der Waals surface area contributed by atoms with E-state index in [1.54, 1.807) is 18.6 Å². The molecule has 1 atom stereocenters. The Hall–Kier alpha value is -9.04. The molecule has 70 heavy (non-hydrogen) atoms. The molecular weight excluding hydrogens is 849 g/mol. The van der Waals surface area contributed by atoms with Gasteiger partial charge >= 0.3 is 0 Å². The van der Waals surface area contributed by atoms with Gasteiger partial charge in [-0.05, 0) is 203 Å². The molecule has 0 N–H and O–H groups in total. The Morgan fingerprint density at radius 1 is 0.529 bits per heavy atom. The molecule has 4 nitrogen and oxygen atoms in total. The molecule has 0 amide bonds. The van der Waals surface area contributed by atoms with E-state index in [4.69, 9.17) is 4.98 Å². The van der Waals surface area contributed by atoms with Gasteiger partial charge in [0.15, 0.2) is 0 Å².